The van der Waals surface area contributed by atoms with Crippen molar-refractivity contribution in [3.8, 4) is 0 Å². The van der Waals surface area contributed by atoms with E-state index in [1.807, 2.05) is 0 Å². The van der Waals surface area contributed by atoms with Gasteiger partial charge in [0.1, 0.15) is 9.84 Å². The van der Waals surface area contributed by atoms with E-state index in [1.54, 1.807) is 6.92 Å². The lowest BCUT2D eigenvalue weighted by Gasteiger charge is -2.19. The first kappa shape index (κ1) is 15.9. The summed E-state index contributed by atoms with van der Waals surface area (Å²) in [6, 6.07) is 0. The van der Waals surface area contributed by atoms with Gasteiger partial charge in [0.15, 0.2) is 9.84 Å². The number of aliphatic hydroxyl groups is 1. The smallest absolute Gasteiger partial charge is 0.150 e. The predicted octanol–water partition coefficient (Wildman–Crippen LogP) is 0.245. The fourth-order valence-corrected chi connectivity index (χ4v) is 5.20. The molecule has 0 aliphatic carbocycles. The minimum absolute atomic E-state index is 0.00988. The Kier molecular flexibility index (Phi) is 5.61. The van der Waals surface area contributed by atoms with Crippen molar-refractivity contribution in [2.75, 3.05) is 29.6 Å². The minimum Gasteiger partial charge on any atom is -0.396 e. The van der Waals surface area contributed by atoms with Gasteiger partial charge >= 0.3 is 0 Å². The second kappa shape index (κ2) is 6.34. The molecule has 0 aromatic heterocycles. The Labute approximate surface area is 109 Å². The summed E-state index contributed by atoms with van der Waals surface area (Å²) in [4.78, 5) is 0. The van der Waals surface area contributed by atoms with Crippen molar-refractivity contribution >= 4 is 19.7 Å². The molecule has 108 valence electrons. The lowest BCUT2D eigenvalue weighted by molar-refractivity contribution is 0.175. The van der Waals surface area contributed by atoms with Crippen LogP contribution in [-0.4, -0.2) is 51.6 Å². The van der Waals surface area contributed by atoms with E-state index >= 15 is 0 Å². The van der Waals surface area contributed by atoms with Gasteiger partial charge in [-0.05, 0) is 31.1 Å². The summed E-state index contributed by atoms with van der Waals surface area (Å²) in [6.07, 6.45) is 1.67. The van der Waals surface area contributed by atoms with Gasteiger partial charge in [-0.2, -0.15) is 0 Å². The zero-order valence-corrected chi connectivity index (χ0v) is 12.3. The molecule has 0 amide bonds. The second-order valence-corrected chi connectivity index (χ2v) is 9.69. The minimum atomic E-state index is -2.97. The average molecular weight is 298 g/mol. The van der Waals surface area contributed by atoms with Crippen LogP contribution < -0.4 is 0 Å². The van der Waals surface area contributed by atoms with Crippen molar-refractivity contribution in [2.24, 2.45) is 11.8 Å². The normalized spacial score (nSPS) is 25.1. The molecule has 1 aliphatic heterocycles. The molecule has 1 N–H and O–H groups in total. The highest BCUT2D eigenvalue weighted by atomic mass is 32.2. The van der Waals surface area contributed by atoms with Crippen molar-refractivity contribution in [1.82, 2.24) is 0 Å². The Morgan fingerprint density at radius 2 is 2.06 bits per heavy atom. The maximum atomic E-state index is 11.4. The van der Waals surface area contributed by atoms with Gasteiger partial charge in [0.25, 0.3) is 0 Å². The standard InChI is InChI=1S/C11H22O5S2/c1-2-17(13,14)6-3-4-10(8-12)11-5-7-18(15,16)9-11/h10-12H,2-9H2,1H3. The maximum Gasteiger partial charge on any atom is 0.150 e. The largest absolute Gasteiger partial charge is 0.396 e. The van der Waals surface area contributed by atoms with E-state index in [0.29, 0.717) is 19.3 Å². The number of hydrogen-bond acceptors (Lipinski definition) is 5. The SMILES string of the molecule is CCS(=O)(=O)CCCC(CO)C1CCS(=O)(=O)C1. The van der Waals surface area contributed by atoms with Gasteiger partial charge in [0.2, 0.25) is 0 Å². The molecule has 0 aromatic carbocycles. The topological polar surface area (TPSA) is 88.5 Å². The molecule has 0 radical (unpaired) electrons. The van der Waals surface area contributed by atoms with Crippen LogP contribution in [0.15, 0.2) is 0 Å². The van der Waals surface area contributed by atoms with Crippen molar-refractivity contribution in [3.63, 3.8) is 0 Å². The van der Waals surface area contributed by atoms with E-state index in [1.165, 1.54) is 0 Å². The molecular formula is C11H22O5S2. The van der Waals surface area contributed by atoms with Gasteiger partial charge < -0.3 is 5.11 Å². The first-order valence-electron chi connectivity index (χ1n) is 6.31. The molecule has 1 fully saturated rings. The lowest BCUT2D eigenvalue weighted by atomic mass is 9.89. The van der Waals surface area contributed by atoms with E-state index in [2.05, 4.69) is 0 Å². The number of sulfone groups is 2. The number of rotatable bonds is 7. The van der Waals surface area contributed by atoms with Gasteiger partial charge in [-0.1, -0.05) is 6.92 Å². The monoisotopic (exact) mass is 298 g/mol. The molecule has 0 saturated carbocycles. The van der Waals surface area contributed by atoms with Crippen LogP contribution >= 0.6 is 0 Å². The molecule has 0 aromatic rings. The first-order valence-corrected chi connectivity index (χ1v) is 9.95. The molecule has 2 atom stereocenters. The molecule has 5 nitrogen and oxygen atoms in total. The summed E-state index contributed by atoms with van der Waals surface area (Å²) >= 11 is 0. The molecule has 1 heterocycles. The fourth-order valence-electron chi connectivity index (χ4n) is 2.38. The molecule has 7 heteroatoms. The highest BCUT2D eigenvalue weighted by Crippen LogP contribution is 2.28. The summed E-state index contributed by atoms with van der Waals surface area (Å²) in [5, 5.41) is 9.30. The quantitative estimate of drug-likeness (QED) is 0.727. The van der Waals surface area contributed by atoms with Crippen LogP contribution in [0.5, 0.6) is 0 Å². The lowest BCUT2D eigenvalue weighted by Crippen LogP contribution is -2.21. The Balaban J connectivity index is 2.44. The van der Waals surface area contributed by atoms with Gasteiger partial charge in [-0.3, -0.25) is 0 Å². The third-order valence-electron chi connectivity index (χ3n) is 3.64. The number of aliphatic hydroxyl groups excluding tert-OH is 1. The molecule has 1 aliphatic rings. The third-order valence-corrected chi connectivity index (χ3v) is 7.22. The van der Waals surface area contributed by atoms with E-state index in [4.69, 9.17) is 0 Å². The predicted molar refractivity (Wildman–Crippen MR) is 70.9 cm³/mol. The highest BCUT2D eigenvalue weighted by molar-refractivity contribution is 7.91. The van der Waals surface area contributed by atoms with Crippen LogP contribution in [-0.2, 0) is 19.7 Å². The molecule has 1 saturated heterocycles. The molecule has 2 unspecified atom stereocenters. The van der Waals surface area contributed by atoms with E-state index in [-0.39, 0.29) is 41.5 Å². The van der Waals surface area contributed by atoms with Crippen LogP contribution in [0.25, 0.3) is 0 Å². The Morgan fingerprint density at radius 3 is 2.50 bits per heavy atom. The van der Waals surface area contributed by atoms with Crippen LogP contribution in [0.4, 0.5) is 0 Å². The first-order chi connectivity index (χ1) is 8.29. The van der Waals surface area contributed by atoms with E-state index in [9.17, 15) is 21.9 Å². The molecule has 18 heavy (non-hydrogen) atoms. The van der Waals surface area contributed by atoms with Crippen molar-refractivity contribution in [1.29, 1.82) is 0 Å². The summed E-state index contributed by atoms with van der Waals surface area (Å²) in [7, 11) is -5.91. The van der Waals surface area contributed by atoms with Gasteiger partial charge in [0, 0.05) is 12.4 Å². The molecule has 0 spiro atoms. The van der Waals surface area contributed by atoms with Crippen molar-refractivity contribution in [2.45, 2.75) is 26.2 Å². The summed E-state index contributed by atoms with van der Waals surface area (Å²) in [6.45, 7) is 1.55. The van der Waals surface area contributed by atoms with Crippen LogP contribution in [0.2, 0.25) is 0 Å². The highest BCUT2D eigenvalue weighted by Gasteiger charge is 2.33. The van der Waals surface area contributed by atoms with Crippen molar-refractivity contribution < 1.29 is 21.9 Å². The molecular weight excluding hydrogens is 276 g/mol. The zero-order chi connectivity index (χ0) is 13.8. The van der Waals surface area contributed by atoms with E-state index in [0.717, 1.165) is 0 Å². The summed E-state index contributed by atoms with van der Waals surface area (Å²) in [5.74, 6) is 0.493. The molecule has 0 bridgehead atoms. The molecule has 1 rings (SSSR count). The van der Waals surface area contributed by atoms with Gasteiger partial charge in [-0.25, -0.2) is 16.8 Å². The summed E-state index contributed by atoms with van der Waals surface area (Å²) in [5.41, 5.74) is 0. The fraction of sp³-hybridized carbons (Fsp3) is 1.00. The second-order valence-electron chi connectivity index (χ2n) is 4.98. The Bertz CT molecular complexity index is 452. The maximum absolute atomic E-state index is 11.4. The Morgan fingerprint density at radius 1 is 1.39 bits per heavy atom. The van der Waals surface area contributed by atoms with Gasteiger partial charge in [-0.15, -0.1) is 0 Å². The Hall–Kier alpha value is -0.140. The van der Waals surface area contributed by atoms with Gasteiger partial charge in [0.05, 0.1) is 17.3 Å². The summed E-state index contributed by atoms with van der Waals surface area (Å²) < 4.78 is 45.4. The van der Waals surface area contributed by atoms with E-state index < -0.39 is 19.7 Å². The van der Waals surface area contributed by atoms with Crippen LogP contribution in [0, 0.1) is 11.8 Å². The van der Waals surface area contributed by atoms with Crippen molar-refractivity contribution in [3.05, 3.63) is 0 Å². The average Bonchev–Trinajstić information content (AvgIpc) is 2.65. The number of hydrogen-bond donors (Lipinski definition) is 1. The zero-order valence-electron chi connectivity index (χ0n) is 10.7. The van der Waals surface area contributed by atoms with Crippen LogP contribution in [0.3, 0.4) is 0 Å². The van der Waals surface area contributed by atoms with Crippen LogP contribution in [0.1, 0.15) is 26.2 Å². The third kappa shape index (κ3) is 4.85.